The van der Waals surface area contributed by atoms with Crippen LogP contribution in [-0.4, -0.2) is 49.2 Å². The second-order valence-corrected chi connectivity index (χ2v) is 6.38. The Kier molecular flexibility index (Phi) is 6.46. The zero-order chi connectivity index (χ0) is 15.1. The Bertz CT molecular complexity index is 411. The van der Waals surface area contributed by atoms with Crippen LogP contribution in [0, 0.1) is 5.92 Å². The highest BCUT2D eigenvalue weighted by Crippen LogP contribution is 2.15. The number of nitrogens with one attached hydrogen (secondary N) is 1. The highest BCUT2D eigenvalue weighted by atomic mass is 15.3. The van der Waals surface area contributed by atoms with Crippen LogP contribution in [0.4, 0.5) is 5.82 Å². The predicted octanol–water partition coefficient (Wildman–Crippen LogP) is 2.36. The monoisotopic (exact) mass is 290 g/mol. The van der Waals surface area contributed by atoms with Gasteiger partial charge in [-0.1, -0.05) is 20.8 Å². The lowest BCUT2D eigenvalue weighted by Gasteiger charge is -2.36. The van der Waals surface area contributed by atoms with Crippen molar-refractivity contribution in [1.82, 2.24) is 15.2 Å². The number of anilines is 1. The van der Waals surface area contributed by atoms with E-state index in [9.17, 15) is 0 Å². The first-order valence-corrected chi connectivity index (χ1v) is 8.32. The van der Waals surface area contributed by atoms with Crippen LogP contribution in [0.15, 0.2) is 18.3 Å². The van der Waals surface area contributed by atoms with E-state index in [0.717, 1.165) is 51.0 Å². The minimum Gasteiger partial charge on any atom is -0.354 e. The fraction of sp³-hybridized carbons (Fsp3) is 0.706. The standard InChI is InChI=1S/C17H30N4/c1-4-6-18-13-16-5-7-19-17(12-16)21-10-8-20(9-11-21)14-15(2)3/h5,7,12,15,18H,4,6,8-11,13-14H2,1-3H3. The van der Waals surface area contributed by atoms with Crippen molar-refractivity contribution in [2.75, 3.05) is 44.2 Å². The van der Waals surface area contributed by atoms with Crippen LogP contribution >= 0.6 is 0 Å². The Morgan fingerprint density at radius 3 is 2.67 bits per heavy atom. The summed E-state index contributed by atoms with van der Waals surface area (Å²) in [6, 6.07) is 4.35. The number of pyridine rings is 1. The third-order valence-electron chi connectivity index (χ3n) is 3.89. The van der Waals surface area contributed by atoms with Gasteiger partial charge < -0.3 is 10.2 Å². The van der Waals surface area contributed by atoms with Gasteiger partial charge in [0.05, 0.1) is 0 Å². The number of hydrogen-bond donors (Lipinski definition) is 1. The average Bonchev–Trinajstić information content (AvgIpc) is 2.48. The second kappa shape index (κ2) is 8.35. The first kappa shape index (κ1) is 16.2. The van der Waals surface area contributed by atoms with Gasteiger partial charge in [-0.25, -0.2) is 4.98 Å². The van der Waals surface area contributed by atoms with Crippen LogP contribution in [0.2, 0.25) is 0 Å². The van der Waals surface area contributed by atoms with Gasteiger partial charge in [0, 0.05) is 45.5 Å². The number of rotatable bonds is 7. The quantitative estimate of drug-likeness (QED) is 0.781. The van der Waals surface area contributed by atoms with Crippen molar-refractivity contribution in [3.63, 3.8) is 0 Å². The Labute approximate surface area is 129 Å². The minimum absolute atomic E-state index is 0.752. The van der Waals surface area contributed by atoms with E-state index < -0.39 is 0 Å². The Morgan fingerprint density at radius 2 is 2.00 bits per heavy atom. The number of nitrogens with zero attached hydrogens (tertiary/aromatic N) is 3. The summed E-state index contributed by atoms with van der Waals surface area (Å²) in [4.78, 5) is 9.54. The van der Waals surface area contributed by atoms with E-state index in [1.165, 1.54) is 18.5 Å². The smallest absolute Gasteiger partial charge is 0.128 e. The zero-order valence-electron chi connectivity index (χ0n) is 13.8. The lowest BCUT2D eigenvalue weighted by molar-refractivity contribution is 0.231. The van der Waals surface area contributed by atoms with Crippen molar-refractivity contribution in [3.05, 3.63) is 23.9 Å². The molecule has 0 spiro atoms. The summed E-state index contributed by atoms with van der Waals surface area (Å²) in [5.41, 5.74) is 1.33. The molecule has 4 heteroatoms. The number of hydrogen-bond acceptors (Lipinski definition) is 4. The largest absolute Gasteiger partial charge is 0.354 e. The molecule has 1 aliphatic rings. The third-order valence-corrected chi connectivity index (χ3v) is 3.89. The maximum atomic E-state index is 4.56. The van der Waals surface area contributed by atoms with E-state index in [4.69, 9.17) is 0 Å². The molecule has 118 valence electrons. The molecule has 0 atom stereocenters. The van der Waals surface area contributed by atoms with E-state index in [1.54, 1.807) is 0 Å². The molecule has 1 fully saturated rings. The van der Waals surface area contributed by atoms with Crippen molar-refractivity contribution in [1.29, 1.82) is 0 Å². The van der Waals surface area contributed by atoms with Crippen molar-refractivity contribution in [3.8, 4) is 0 Å². The molecule has 0 bridgehead atoms. The van der Waals surface area contributed by atoms with E-state index >= 15 is 0 Å². The Balaban J connectivity index is 1.86. The Morgan fingerprint density at radius 1 is 1.24 bits per heavy atom. The molecule has 0 aliphatic carbocycles. The molecule has 0 saturated carbocycles. The van der Waals surface area contributed by atoms with Crippen LogP contribution in [-0.2, 0) is 6.54 Å². The van der Waals surface area contributed by atoms with E-state index in [1.807, 2.05) is 6.20 Å². The molecule has 1 aromatic heterocycles. The number of aromatic nitrogens is 1. The second-order valence-electron chi connectivity index (χ2n) is 6.38. The van der Waals surface area contributed by atoms with Gasteiger partial charge in [-0.15, -0.1) is 0 Å². The van der Waals surface area contributed by atoms with Gasteiger partial charge in [0.15, 0.2) is 0 Å². The first-order chi connectivity index (χ1) is 10.2. The fourth-order valence-corrected chi connectivity index (χ4v) is 2.83. The van der Waals surface area contributed by atoms with Crippen molar-refractivity contribution in [2.45, 2.75) is 33.7 Å². The average molecular weight is 290 g/mol. The van der Waals surface area contributed by atoms with Gasteiger partial charge in [0.1, 0.15) is 5.82 Å². The van der Waals surface area contributed by atoms with Gasteiger partial charge >= 0.3 is 0 Å². The SMILES string of the molecule is CCCNCc1ccnc(N2CCN(CC(C)C)CC2)c1. The molecule has 0 unspecified atom stereocenters. The van der Waals surface area contributed by atoms with Gasteiger partial charge in [0.25, 0.3) is 0 Å². The zero-order valence-corrected chi connectivity index (χ0v) is 13.8. The van der Waals surface area contributed by atoms with Crippen LogP contribution < -0.4 is 10.2 Å². The first-order valence-electron chi connectivity index (χ1n) is 8.32. The summed E-state index contributed by atoms with van der Waals surface area (Å²) >= 11 is 0. The summed E-state index contributed by atoms with van der Waals surface area (Å²) in [5, 5.41) is 3.46. The molecule has 1 N–H and O–H groups in total. The maximum absolute atomic E-state index is 4.56. The van der Waals surface area contributed by atoms with Gasteiger partial charge in [-0.2, -0.15) is 0 Å². The lowest BCUT2D eigenvalue weighted by Crippen LogP contribution is -2.47. The molecular formula is C17H30N4. The molecule has 4 nitrogen and oxygen atoms in total. The highest BCUT2D eigenvalue weighted by Gasteiger charge is 2.18. The molecule has 0 amide bonds. The summed E-state index contributed by atoms with van der Waals surface area (Å²) < 4.78 is 0. The molecule has 2 rings (SSSR count). The molecule has 1 aromatic rings. The summed E-state index contributed by atoms with van der Waals surface area (Å²) in [6.07, 6.45) is 3.12. The van der Waals surface area contributed by atoms with Crippen molar-refractivity contribution >= 4 is 5.82 Å². The summed E-state index contributed by atoms with van der Waals surface area (Å²) in [5.74, 6) is 1.89. The molecule has 21 heavy (non-hydrogen) atoms. The van der Waals surface area contributed by atoms with Crippen molar-refractivity contribution < 1.29 is 0 Å². The van der Waals surface area contributed by atoms with Crippen molar-refractivity contribution in [2.24, 2.45) is 5.92 Å². The van der Waals surface area contributed by atoms with E-state index in [0.29, 0.717) is 0 Å². The molecule has 0 aromatic carbocycles. The molecule has 1 aliphatic heterocycles. The van der Waals surface area contributed by atoms with Crippen LogP contribution in [0.25, 0.3) is 0 Å². The third kappa shape index (κ3) is 5.29. The van der Waals surface area contributed by atoms with Crippen LogP contribution in [0.3, 0.4) is 0 Å². The number of piperazine rings is 1. The van der Waals surface area contributed by atoms with Crippen LogP contribution in [0.1, 0.15) is 32.8 Å². The van der Waals surface area contributed by atoms with Crippen LogP contribution in [0.5, 0.6) is 0 Å². The summed E-state index contributed by atoms with van der Waals surface area (Å²) in [7, 11) is 0. The van der Waals surface area contributed by atoms with Gasteiger partial charge in [0.2, 0.25) is 0 Å². The molecule has 0 radical (unpaired) electrons. The minimum atomic E-state index is 0.752. The van der Waals surface area contributed by atoms with E-state index in [-0.39, 0.29) is 0 Å². The van der Waals surface area contributed by atoms with Gasteiger partial charge in [-0.05, 0) is 36.6 Å². The van der Waals surface area contributed by atoms with Gasteiger partial charge in [-0.3, -0.25) is 4.90 Å². The van der Waals surface area contributed by atoms with E-state index in [2.05, 4.69) is 53.0 Å². The Hall–Kier alpha value is -1.13. The maximum Gasteiger partial charge on any atom is 0.128 e. The molecule has 2 heterocycles. The molecule has 1 saturated heterocycles. The lowest BCUT2D eigenvalue weighted by atomic mass is 10.2. The fourth-order valence-electron chi connectivity index (χ4n) is 2.83. The topological polar surface area (TPSA) is 31.4 Å². The normalized spacial score (nSPS) is 16.7. The highest BCUT2D eigenvalue weighted by molar-refractivity contribution is 5.41. The predicted molar refractivity (Wildman–Crippen MR) is 89.7 cm³/mol. The molecular weight excluding hydrogens is 260 g/mol. The summed E-state index contributed by atoms with van der Waals surface area (Å²) in [6.45, 7) is 14.5.